The van der Waals surface area contributed by atoms with E-state index in [9.17, 15) is 9.90 Å². The molecule has 1 atom stereocenters. The fourth-order valence-electron chi connectivity index (χ4n) is 3.22. The Morgan fingerprint density at radius 2 is 1.27 bits per heavy atom. The highest BCUT2D eigenvalue weighted by Gasteiger charge is 2.20. The first-order valence-electron chi connectivity index (χ1n) is 9.85. The Hall–Kier alpha value is -3.31. The van der Waals surface area contributed by atoms with E-state index in [1.54, 1.807) is 19.1 Å². The number of carbonyl (C=O) groups excluding carboxylic acids is 1. The van der Waals surface area contributed by atoms with Crippen LogP contribution in [0.1, 0.15) is 29.2 Å². The summed E-state index contributed by atoms with van der Waals surface area (Å²) in [4.78, 5) is 14.9. The van der Waals surface area contributed by atoms with Crippen molar-refractivity contribution >= 4 is 5.91 Å². The van der Waals surface area contributed by atoms with E-state index in [2.05, 4.69) is 0 Å². The third-order valence-electron chi connectivity index (χ3n) is 4.97. The molecule has 0 aliphatic rings. The second-order valence-corrected chi connectivity index (χ2v) is 7.08. The zero-order valence-electron chi connectivity index (χ0n) is 17.3. The van der Waals surface area contributed by atoms with Crippen molar-refractivity contribution in [2.75, 3.05) is 14.2 Å². The largest absolute Gasteiger partial charge is 0.497 e. The van der Waals surface area contributed by atoms with Gasteiger partial charge < -0.3 is 19.5 Å². The van der Waals surface area contributed by atoms with Crippen molar-refractivity contribution in [1.82, 2.24) is 4.90 Å². The number of rotatable bonds is 9. The Kier molecular flexibility index (Phi) is 7.46. The van der Waals surface area contributed by atoms with Crippen LogP contribution in [0.4, 0.5) is 0 Å². The summed E-state index contributed by atoms with van der Waals surface area (Å²) in [7, 11) is 3.25. The lowest BCUT2D eigenvalue weighted by molar-refractivity contribution is -0.134. The molecule has 0 saturated heterocycles. The van der Waals surface area contributed by atoms with Crippen LogP contribution < -0.4 is 9.47 Å². The van der Waals surface area contributed by atoms with E-state index in [0.29, 0.717) is 13.1 Å². The number of nitrogens with zero attached hydrogens (tertiary/aromatic N) is 1. The number of methoxy groups -OCH3 is 2. The van der Waals surface area contributed by atoms with Gasteiger partial charge in [0.15, 0.2) is 0 Å². The minimum atomic E-state index is -0.840. The van der Waals surface area contributed by atoms with Gasteiger partial charge in [-0.1, -0.05) is 54.6 Å². The number of benzene rings is 3. The van der Waals surface area contributed by atoms with Crippen LogP contribution in [0.5, 0.6) is 11.5 Å². The highest BCUT2D eigenvalue weighted by Crippen LogP contribution is 2.21. The molecule has 0 bridgehead atoms. The van der Waals surface area contributed by atoms with Crippen LogP contribution in [0.25, 0.3) is 0 Å². The monoisotopic (exact) mass is 405 g/mol. The maximum absolute atomic E-state index is 13.1. The zero-order valence-corrected chi connectivity index (χ0v) is 17.3. The number of ether oxygens (including phenoxy) is 2. The molecule has 1 N–H and O–H groups in total. The third-order valence-corrected chi connectivity index (χ3v) is 4.97. The summed E-state index contributed by atoms with van der Waals surface area (Å²) in [5.74, 6) is 1.43. The molecular formula is C25H27NO4. The Balaban J connectivity index is 1.76. The molecule has 3 aromatic rings. The number of aliphatic hydroxyl groups is 1. The van der Waals surface area contributed by atoms with Crippen molar-refractivity contribution in [2.45, 2.75) is 25.6 Å². The SMILES string of the molecule is COc1ccc(CN(Cc2ccc(OC)cc2)C(=O)CC(O)c2ccccc2)cc1. The molecule has 30 heavy (non-hydrogen) atoms. The van der Waals surface area contributed by atoms with Gasteiger partial charge in [-0.2, -0.15) is 0 Å². The van der Waals surface area contributed by atoms with Crippen molar-refractivity contribution in [1.29, 1.82) is 0 Å². The van der Waals surface area contributed by atoms with Gasteiger partial charge in [0.2, 0.25) is 5.91 Å². The lowest BCUT2D eigenvalue weighted by Gasteiger charge is -2.25. The van der Waals surface area contributed by atoms with E-state index in [-0.39, 0.29) is 12.3 Å². The van der Waals surface area contributed by atoms with Gasteiger partial charge >= 0.3 is 0 Å². The predicted molar refractivity (Wildman–Crippen MR) is 116 cm³/mol. The van der Waals surface area contributed by atoms with Crippen molar-refractivity contribution in [2.24, 2.45) is 0 Å². The Bertz CT molecular complexity index is 874. The van der Waals surface area contributed by atoms with E-state index in [1.807, 2.05) is 78.9 Å². The molecule has 3 rings (SSSR count). The van der Waals surface area contributed by atoms with E-state index >= 15 is 0 Å². The topological polar surface area (TPSA) is 59.0 Å². The number of amides is 1. The third kappa shape index (κ3) is 5.84. The second kappa shape index (κ2) is 10.5. The first kappa shape index (κ1) is 21.4. The van der Waals surface area contributed by atoms with Crippen LogP contribution in [0.15, 0.2) is 78.9 Å². The summed E-state index contributed by atoms with van der Waals surface area (Å²) in [6, 6.07) is 24.6. The molecule has 0 aliphatic carbocycles. The molecule has 0 aliphatic heterocycles. The van der Waals surface area contributed by atoms with E-state index in [4.69, 9.17) is 9.47 Å². The molecular weight excluding hydrogens is 378 g/mol. The zero-order chi connectivity index (χ0) is 21.3. The lowest BCUT2D eigenvalue weighted by Crippen LogP contribution is -2.31. The van der Waals surface area contributed by atoms with Gasteiger partial charge in [-0.05, 0) is 41.0 Å². The fraction of sp³-hybridized carbons (Fsp3) is 0.240. The maximum Gasteiger partial charge on any atom is 0.226 e. The van der Waals surface area contributed by atoms with Crippen molar-refractivity contribution in [3.63, 3.8) is 0 Å². The minimum Gasteiger partial charge on any atom is -0.497 e. The van der Waals surface area contributed by atoms with Crippen LogP contribution in [0.3, 0.4) is 0 Å². The fourth-order valence-corrected chi connectivity index (χ4v) is 3.22. The van der Waals surface area contributed by atoms with Crippen LogP contribution in [-0.4, -0.2) is 30.1 Å². The van der Waals surface area contributed by atoms with E-state index in [0.717, 1.165) is 28.2 Å². The van der Waals surface area contributed by atoms with E-state index in [1.165, 1.54) is 0 Å². The predicted octanol–water partition coefficient (Wildman–Crippen LogP) is 4.36. The van der Waals surface area contributed by atoms with Crippen LogP contribution >= 0.6 is 0 Å². The molecule has 0 heterocycles. The summed E-state index contributed by atoms with van der Waals surface area (Å²) in [6.45, 7) is 0.882. The Labute approximate surface area is 177 Å². The Morgan fingerprint density at radius 3 is 1.70 bits per heavy atom. The first-order chi connectivity index (χ1) is 14.6. The van der Waals surface area contributed by atoms with Gasteiger partial charge in [-0.15, -0.1) is 0 Å². The average molecular weight is 405 g/mol. The standard InChI is InChI=1S/C25H27NO4/c1-29-22-12-8-19(9-13-22)17-26(18-20-10-14-23(30-2)15-11-20)25(28)16-24(27)21-6-4-3-5-7-21/h3-15,24,27H,16-18H2,1-2H3. The average Bonchev–Trinajstić information content (AvgIpc) is 2.80. The summed E-state index contributed by atoms with van der Waals surface area (Å²) in [5, 5.41) is 10.5. The highest BCUT2D eigenvalue weighted by atomic mass is 16.5. The molecule has 0 aromatic heterocycles. The number of carbonyl (C=O) groups is 1. The normalized spacial score (nSPS) is 11.6. The molecule has 1 unspecified atom stereocenters. The smallest absolute Gasteiger partial charge is 0.226 e. The minimum absolute atomic E-state index is 0.0241. The van der Waals surface area contributed by atoms with Crippen molar-refractivity contribution in [3.05, 3.63) is 95.6 Å². The number of hydrogen-bond donors (Lipinski definition) is 1. The maximum atomic E-state index is 13.1. The quantitative estimate of drug-likeness (QED) is 0.575. The molecule has 0 spiro atoms. The van der Waals surface area contributed by atoms with Crippen molar-refractivity contribution in [3.8, 4) is 11.5 Å². The van der Waals surface area contributed by atoms with Gasteiger partial charge in [0, 0.05) is 13.1 Å². The number of aliphatic hydroxyl groups excluding tert-OH is 1. The highest BCUT2D eigenvalue weighted by molar-refractivity contribution is 5.77. The molecule has 0 saturated carbocycles. The summed E-state index contributed by atoms with van der Waals surface area (Å²) in [5.41, 5.74) is 2.72. The van der Waals surface area contributed by atoms with Crippen LogP contribution in [0.2, 0.25) is 0 Å². The molecule has 0 fully saturated rings. The molecule has 5 heteroatoms. The van der Waals surface area contributed by atoms with Gasteiger partial charge in [-0.25, -0.2) is 0 Å². The Morgan fingerprint density at radius 1 is 0.800 bits per heavy atom. The number of hydrogen-bond acceptors (Lipinski definition) is 4. The van der Waals surface area contributed by atoms with Gasteiger partial charge in [-0.3, -0.25) is 4.79 Å². The summed E-state index contributed by atoms with van der Waals surface area (Å²) >= 11 is 0. The first-order valence-corrected chi connectivity index (χ1v) is 9.85. The van der Waals surface area contributed by atoms with Gasteiger partial charge in [0.25, 0.3) is 0 Å². The summed E-state index contributed by atoms with van der Waals surface area (Å²) in [6.07, 6.45) is -0.816. The second-order valence-electron chi connectivity index (χ2n) is 7.08. The van der Waals surface area contributed by atoms with Crippen molar-refractivity contribution < 1.29 is 19.4 Å². The molecule has 156 valence electrons. The molecule has 5 nitrogen and oxygen atoms in total. The van der Waals surface area contributed by atoms with Gasteiger partial charge in [0.05, 0.1) is 26.7 Å². The molecule has 3 aromatic carbocycles. The van der Waals surface area contributed by atoms with Crippen LogP contribution in [-0.2, 0) is 17.9 Å². The van der Waals surface area contributed by atoms with E-state index < -0.39 is 6.10 Å². The van der Waals surface area contributed by atoms with Gasteiger partial charge in [0.1, 0.15) is 11.5 Å². The van der Waals surface area contributed by atoms with Crippen LogP contribution in [0, 0.1) is 0 Å². The summed E-state index contributed by atoms with van der Waals surface area (Å²) < 4.78 is 10.4. The molecule has 0 radical (unpaired) electrons. The lowest BCUT2D eigenvalue weighted by atomic mass is 10.1. The molecule has 1 amide bonds.